The van der Waals surface area contributed by atoms with Crippen LogP contribution < -0.4 is 0 Å². The summed E-state index contributed by atoms with van der Waals surface area (Å²) in [5, 5.41) is 18.4. The first kappa shape index (κ1) is 10.4. The summed E-state index contributed by atoms with van der Waals surface area (Å²) in [6.07, 6.45) is 0.991. The fourth-order valence-electron chi connectivity index (χ4n) is 3.04. The minimum Gasteiger partial charge on any atom is -0.481 e. The number of fused-ring (bicyclic) bond motifs is 2. The first-order chi connectivity index (χ1) is 6.93. The lowest BCUT2D eigenvalue weighted by atomic mass is 9.50. The van der Waals surface area contributed by atoms with Crippen LogP contribution in [-0.4, -0.2) is 46.7 Å². The average Bonchev–Trinajstić information content (AvgIpc) is 2.15. The Balaban J connectivity index is 2.21. The number of nitrogens with zero attached hydrogens (tertiary/aromatic N) is 1. The molecule has 0 aromatic heterocycles. The van der Waals surface area contributed by atoms with Crippen molar-refractivity contribution in [2.45, 2.75) is 19.8 Å². The molecule has 0 aromatic rings. The number of rotatable bonds is 2. The zero-order valence-corrected chi connectivity index (χ0v) is 8.69. The van der Waals surface area contributed by atoms with E-state index in [1.165, 1.54) is 11.8 Å². The number of aliphatic hydroxyl groups is 1. The molecule has 84 valence electrons. The van der Waals surface area contributed by atoms with E-state index in [0.717, 1.165) is 0 Å². The van der Waals surface area contributed by atoms with Gasteiger partial charge in [0, 0.05) is 25.4 Å². The number of carbonyl (C=O) groups excluding carboxylic acids is 1. The Morgan fingerprint density at radius 1 is 1.33 bits per heavy atom. The second-order valence-electron chi connectivity index (χ2n) is 4.97. The van der Waals surface area contributed by atoms with E-state index >= 15 is 0 Å². The van der Waals surface area contributed by atoms with E-state index in [-0.39, 0.29) is 17.9 Å². The minimum absolute atomic E-state index is 0.0359. The zero-order chi connectivity index (χ0) is 11.3. The molecule has 3 rings (SSSR count). The second kappa shape index (κ2) is 2.95. The van der Waals surface area contributed by atoms with Gasteiger partial charge in [0.15, 0.2) is 0 Å². The van der Waals surface area contributed by atoms with Crippen molar-refractivity contribution < 1.29 is 19.8 Å². The molecule has 0 radical (unpaired) electrons. The van der Waals surface area contributed by atoms with Gasteiger partial charge in [0.2, 0.25) is 5.91 Å². The van der Waals surface area contributed by atoms with E-state index in [9.17, 15) is 14.7 Å². The summed E-state index contributed by atoms with van der Waals surface area (Å²) in [7, 11) is 0. The van der Waals surface area contributed by atoms with Crippen LogP contribution in [0.5, 0.6) is 0 Å². The van der Waals surface area contributed by atoms with Gasteiger partial charge in [-0.15, -0.1) is 0 Å². The molecule has 0 atom stereocenters. The number of hydrogen-bond acceptors (Lipinski definition) is 3. The Morgan fingerprint density at radius 3 is 2.33 bits per heavy atom. The molecule has 15 heavy (non-hydrogen) atoms. The maximum Gasteiger partial charge on any atom is 0.311 e. The third kappa shape index (κ3) is 1.33. The lowest BCUT2D eigenvalue weighted by Crippen LogP contribution is -2.67. The van der Waals surface area contributed by atoms with Crippen LogP contribution in [0.4, 0.5) is 0 Å². The van der Waals surface area contributed by atoms with Gasteiger partial charge in [0.25, 0.3) is 0 Å². The quantitative estimate of drug-likeness (QED) is 0.659. The van der Waals surface area contributed by atoms with E-state index in [4.69, 9.17) is 5.11 Å². The summed E-state index contributed by atoms with van der Waals surface area (Å²) in [4.78, 5) is 23.9. The predicted molar refractivity (Wildman–Crippen MR) is 51.1 cm³/mol. The largest absolute Gasteiger partial charge is 0.481 e. The molecule has 3 fully saturated rings. The highest BCUT2D eigenvalue weighted by atomic mass is 16.4. The molecule has 5 nitrogen and oxygen atoms in total. The fourth-order valence-corrected chi connectivity index (χ4v) is 3.04. The number of aliphatic hydroxyl groups excluding tert-OH is 1. The molecule has 0 unspecified atom stereocenters. The van der Waals surface area contributed by atoms with Crippen LogP contribution in [0, 0.1) is 10.8 Å². The standard InChI is InChI=1S/C10H15NO4/c1-7(13)11-4-9(6-12)2-10(3-9,5-11)8(14)15/h12H,2-6H2,1H3,(H,14,15). The predicted octanol–water partition coefficient (Wildman–Crippen LogP) is -0.308. The smallest absolute Gasteiger partial charge is 0.311 e. The van der Waals surface area contributed by atoms with Gasteiger partial charge in [0.1, 0.15) is 0 Å². The van der Waals surface area contributed by atoms with Crippen LogP contribution >= 0.6 is 0 Å². The summed E-state index contributed by atoms with van der Waals surface area (Å²) in [5.74, 6) is -0.963. The molecular formula is C10H15NO4. The van der Waals surface area contributed by atoms with Crippen LogP contribution in [0.1, 0.15) is 19.8 Å². The number of hydrogen-bond donors (Lipinski definition) is 2. The van der Waals surface area contributed by atoms with Crippen molar-refractivity contribution in [2.75, 3.05) is 19.7 Å². The van der Waals surface area contributed by atoms with Gasteiger partial charge in [0.05, 0.1) is 12.0 Å². The van der Waals surface area contributed by atoms with E-state index in [1.54, 1.807) is 0 Å². The fraction of sp³-hybridized carbons (Fsp3) is 0.800. The highest BCUT2D eigenvalue weighted by Gasteiger charge is 2.63. The maximum atomic E-state index is 11.2. The SMILES string of the molecule is CC(=O)N1CC2(CO)CC(C(=O)O)(C1)C2. The number of aliphatic carboxylic acids is 1. The molecule has 2 saturated heterocycles. The molecule has 1 aliphatic carbocycles. The number of carboxylic acids is 1. The Kier molecular flexibility index (Phi) is 2.05. The van der Waals surface area contributed by atoms with Crippen molar-refractivity contribution in [1.29, 1.82) is 0 Å². The topological polar surface area (TPSA) is 77.8 Å². The van der Waals surface area contributed by atoms with Crippen molar-refractivity contribution in [3.8, 4) is 0 Å². The highest BCUT2D eigenvalue weighted by Crippen LogP contribution is 2.58. The second-order valence-corrected chi connectivity index (χ2v) is 4.97. The Morgan fingerprint density at radius 2 is 1.93 bits per heavy atom. The third-order valence-electron chi connectivity index (χ3n) is 3.68. The Labute approximate surface area is 87.7 Å². The number of carboxylic acid groups (broad SMARTS) is 1. The number of amides is 1. The van der Waals surface area contributed by atoms with Gasteiger partial charge >= 0.3 is 5.97 Å². The summed E-state index contributed by atoms with van der Waals surface area (Å²) in [5.41, 5.74) is -1.16. The average molecular weight is 213 g/mol. The van der Waals surface area contributed by atoms with Crippen molar-refractivity contribution in [3.05, 3.63) is 0 Å². The van der Waals surface area contributed by atoms with Gasteiger partial charge in [-0.05, 0) is 12.8 Å². The molecule has 1 amide bonds. The molecule has 0 aromatic carbocycles. The van der Waals surface area contributed by atoms with E-state index in [0.29, 0.717) is 25.9 Å². The molecule has 2 aliphatic heterocycles. The van der Waals surface area contributed by atoms with E-state index in [1.807, 2.05) is 0 Å². The first-order valence-corrected chi connectivity index (χ1v) is 5.03. The van der Waals surface area contributed by atoms with Crippen molar-refractivity contribution >= 4 is 11.9 Å². The van der Waals surface area contributed by atoms with Crippen LogP contribution in [-0.2, 0) is 9.59 Å². The Hall–Kier alpha value is -1.10. The molecule has 1 saturated carbocycles. The lowest BCUT2D eigenvalue weighted by molar-refractivity contribution is -0.194. The molecule has 5 heteroatoms. The monoisotopic (exact) mass is 213 g/mol. The van der Waals surface area contributed by atoms with Gasteiger partial charge < -0.3 is 15.1 Å². The lowest BCUT2D eigenvalue weighted by Gasteiger charge is -2.60. The molecule has 0 spiro atoms. The Bertz CT molecular complexity index is 314. The maximum absolute atomic E-state index is 11.2. The highest BCUT2D eigenvalue weighted by molar-refractivity contribution is 5.80. The van der Waals surface area contributed by atoms with Gasteiger partial charge in [-0.25, -0.2) is 0 Å². The number of piperidine rings is 2. The van der Waals surface area contributed by atoms with Crippen molar-refractivity contribution in [3.63, 3.8) is 0 Å². The third-order valence-corrected chi connectivity index (χ3v) is 3.68. The minimum atomic E-state index is -0.850. The normalized spacial score (nSPS) is 38.4. The van der Waals surface area contributed by atoms with Gasteiger partial charge in [-0.2, -0.15) is 0 Å². The van der Waals surface area contributed by atoms with Gasteiger partial charge in [-0.1, -0.05) is 0 Å². The van der Waals surface area contributed by atoms with Gasteiger partial charge in [-0.3, -0.25) is 9.59 Å². The van der Waals surface area contributed by atoms with E-state index in [2.05, 4.69) is 0 Å². The molecular weight excluding hydrogens is 198 g/mol. The van der Waals surface area contributed by atoms with Crippen LogP contribution in [0.2, 0.25) is 0 Å². The number of carbonyl (C=O) groups is 2. The molecule has 2 bridgehead atoms. The first-order valence-electron chi connectivity index (χ1n) is 5.03. The van der Waals surface area contributed by atoms with E-state index < -0.39 is 11.4 Å². The summed E-state index contributed by atoms with van der Waals surface area (Å²) in [6.45, 7) is 2.18. The molecule has 2 heterocycles. The van der Waals surface area contributed by atoms with Crippen LogP contribution in [0.3, 0.4) is 0 Å². The summed E-state index contributed by atoms with van der Waals surface area (Å²) >= 11 is 0. The van der Waals surface area contributed by atoms with Crippen LogP contribution in [0.15, 0.2) is 0 Å². The molecule has 3 aliphatic rings. The van der Waals surface area contributed by atoms with Crippen molar-refractivity contribution in [2.24, 2.45) is 10.8 Å². The zero-order valence-electron chi connectivity index (χ0n) is 8.69. The summed E-state index contributed by atoms with van der Waals surface area (Å²) in [6, 6.07) is 0. The van der Waals surface area contributed by atoms with Crippen molar-refractivity contribution in [1.82, 2.24) is 4.90 Å². The molecule has 2 N–H and O–H groups in total. The summed E-state index contributed by atoms with van der Waals surface area (Å²) < 4.78 is 0. The van der Waals surface area contributed by atoms with Crippen LogP contribution in [0.25, 0.3) is 0 Å².